The molecule has 12 heteroatoms. The van der Waals surface area contributed by atoms with E-state index in [2.05, 4.69) is 16.0 Å². The summed E-state index contributed by atoms with van der Waals surface area (Å²) in [5, 5.41) is 29.7. The highest BCUT2D eigenvalue weighted by molar-refractivity contribution is 6.42. The first-order chi connectivity index (χ1) is 18.5. The third kappa shape index (κ3) is 6.40. The average Bonchev–Trinajstić information content (AvgIpc) is 2.87. The number of rotatable bonds is 6. The second-order valence-corrected chi connectivity index (χ2v) is 10.4. The first-order valence-electron chi connectivity index (χ1n) is 11.5. The number of dihydropyridines is 1. The molecule has 4 rings (SSSR count). The maximum Gasteiger partial charge on any atom is 0.254 e. The Morgan fingerprint density at radius 3 is 1.59 bits per heavy atom. The van der Waals surface area contributed by atoms with Crippen LogP contribution in [0.4, 0.5) is 17.1 Å². The van der Waals surface area contributed by atoms with Crippen molar-refractivity contribution in [3.05, 3.63) is 114 Å². The van der Waals surface area contributed by atoms with Gasteiger partial charge in [0.2, 0.25) is 0 Å². The van der Waals surface area contributed by atoms with Crippen LogP contribution in [0.15, 0.2) is 83.2 Å². The lowest BCUT2D eigenvalue weighted by Crippen LogP contribution is -2.99. The van der Waals surface area contributed by atoms with Crippen molar-refractivity contribution < 1.29 is 20.0 Å². The van der Waals surface area contributed by atoms with Crippen LogP contribution >= 0.6 is 46.4 Å². The number of halogens is 4. The summed E-state index contributed by atoms with van der Waals surface area (Å²) in [6.07, 6.45) is 0. The molecule has 0 spiro atoms. The van der Waals surface area contributed by atoms with E-state index in [1.165, 1.54) is 24.3 Å². The number of hydrogen-bond donors (Lipinski definition) is 5. The number of anilines is 2. The van der Waals surface area contributed by atoms with E-state index in [0.717, 1.165) is 0 Å². The Labute approximate surface area is 244 Å². The molecule has 2 amide bonds. The molecule has 3 aromatic carbocycles. The lowest BCUT2D eigenvalue weighted by Gasteiger charge is -2.31. The van der Waals surface area contributed by atoms with Crippen molar-refractivity contribution in [3.63, 3.8) is 0 Å². The minimum Gasteiger partial charge on any atom is -0.595 e. The maximum absolute atomic E-state index is 13.7. The summed E-state index contributed by atoms with van der Waals surface area (Å²) in [5.74, 6) is -1.82. The number of nitrogens with one attached hydrogen (secondary N) is 4. The third-order valence-corrected chi connectivity index (χ3v) is 7.57. The molecule has 1 aliphatic rings. The number of carbonyl (C=O) groups excluding carboxylic acids is 2. The fourth-order valence-electron chi connectivity index (χ4n) is 4.29. The molecule has 0 fully saturated rings. The molecule has 0 aromatic heterocycles. The molecule has 1 atom stereocenters. The Kier molecular flexibility index (Phi) is 8.88. The van der Waals surface area contributed by atoms with Gasteiger partial charge in [-0.05, 0) is 55.8 Å². The number of amides is 2. The van der Waals surface area contributed by atoms with Crippen LogP contribution in [0, 0.1) is 5.21 Å². The van der Waals surface area contributed by atoms with Crippen LogP contribution in [0.3, 0.4) is 0 Å². The monoisotopic (exact) mass is 606 g/mol. The van der Waals surface area contributed by atoms with Gasteiger partial charge in [-0.2, -0.15) is 5.23 Å². The second kappa shape index (κ2) is 12.0. The Bertz CT molecular complexity index is 1430. The van der Waals surface area contributed by atoms with E-state index in [1.54, 1.807) is 50.2 Å². The Morgan fingerprint density at radius 2 is 1.21 bits per heavy atom. The van der Waals surface area contributed by atoms with Gasteiger partial charge >= 0.3 is 0 Å². The van der Waals surface area contributed by atoms with Crippen LogP contribution in [0.25, 0.3) is 0 Å². The number of benzene rings is 3. The van der Waals surface area contributed by atoms with E-state index in [4.69, 9.17) is 46.4 Å². The number of carbonyl (C=O) groups is 2. The van der Waals surface area contributed by atoms with Crippen molar-refractivity contribution in [3.8, 4) is 0 Å². The van der Waals surface area contributed by atoms with E-state index in [0.29, 0.717) is 38.4 Å². The van der Waals surface area contributed by atoms with Crippen molar-refractivity contribution in [2.24, 2.45) is 0 Å². The standard InChI is InChI=1S/C27H22Cl4N4O4/c1-13-23(26(36)33-16-5-9-19(28)21(30)11-16)25(15-3-7-18(8-4-15)35(38)39)24(14(2)32-13)27(37)34-17-6-10-20(29)22(31)12-17/h3-12,25,32,35,38H,1-2H3,(H,33,36)(H,34,37). The molecule has 0 aliphatic carbocycles. The second-order valence-electron chi connectivity index (χ2n) is 8.73. The molecular weight excluding hydrogens is 586 g/mol. The van der Waals surface area contributed by atoms with Crippen LogP contribution in [0.2, 0.25) is 20.1 Å². The molecule has 8 nitrogen and oxygen atoms in total. The van der Waals surface area contributed by atoms with Crippen LogP contribution in [-0.4, -0.2) is 17.0 Å². The Morgan fingerprint density at radius 1 is 0.769 bits per heavy atom. The smallest absolute Gasteiger partial charge is 0.254 e. The van der Waals surface area contributed by atoms with Gasteiger partial charge in [0, 0.05) is 52.0 Å². The van der Waals surface area contributed by atoms with Crippen LogP contribution in [-0.2, 0) is 9.59 Å². The van der Waals surface area contributed by atoms with E-state index < -0.39 is 23.0 Å². The lowest BCUT2D eigenvalue weighted by atomic mass is 9.79. The first-order valence-corrected chi connectivity index (χ1v) is 13.0. The van der Waals surface area contributed by atoms with Gasteiger partial charge in [-0.1, -0.05) is 58.5 Å². The topological polar surface area (TPSA) is 118 Å². The summed E-state index contributed by atoms with van der Waals surface area (Å²) in [7, 11) is 0. The molecule has 1 heterocycles. The summed E-state index contributed by atoms with van der Waals surface area (Å²) < 4.78 is 0. The molecular formula is C27H22Cl4N4O4. The van der Waals surface area contributed by atoms with Crippen molar-refractivity contribution in [1.29, 1.82) is 0 Å². The van der Waals surface area contributed by atoms with Gasteiger partial charge in [0.05, 0.1) is 20.1 Å². The van der Waals surface area contributed by atoms with Crippen molar-refractivity contribution in [2.75, 3.05) is 10.6 Å². The van der Waals surface area contributed by atoms with Gasteiger partial charge in [-0.15, -0.1) is 0 Å². The van der Waals surface area contributed by atoms with Gasteiger partial charge in [-0.25, -0.2) is 5.21 Å². The van der Waals surface area contributed by atoms with Gasteiger partial charge in [0.1, 0.15) is 0 Å². The SMILES string of the molecule is CC1=C(C(=O)Nc2ccc(Cl)c(Cl)c2)C(c2ccc([NH+]([O-])O)cc2)C(C(=O)Nc2ccc(Cl)c(Cl)c2)=C(C)N1. The van der Waals surface area contributed by atoms with E-state index in [1.807, 2.05) is 0 Å². The highest BCUT2D eigenvalue weighted by atomic mass is 35.5. The number of hydrogen-bond acceptors (Lipinski definition) is 5. The number of allylic oxidation sites excluding steroid dienone is 2. The quantitative estimate of drug-likeness (QED) is 0.213. The van der Waals surface area contributed by atoms with Crippen LogP contribution < -0.4 is 21.2 Å². The largest absolute Gasteiger partial charge is 0.595 e. The number of quaternary nitrogens is 1. The lowest BCUT2D eigenvalue weighted by molar-refractivity contribution is -0.991. The van der Waals surface area contributed by atoms with Crippen LogP contribution in [0.1, 0.15) is 25.3 Å². The van der Waals surface area contributed by atoms with Gasteiger partial charge in [0.25, 0.3) is 11.8 Å². The van der Waals surface area contributed by atoms with Gasteiger partial charge in [-0.3, -0.25) is 9.59 Å². The van der Waals surface area contributed by atoms with Gasteiger partial charge in [0.15, 0.2) is 5.69 Å². The fourth-order valence-corrected chi connectivity index (χ4v) is 4.89. The third-order valence-electron chi connectivity index (χ3n) is 6.10. The summed E-state index contributed by atoms with van der Waals surface area (Å²) >= 11 is 24.3. The molecule has 202 valence electrons. The van der Waals surface area contributed by atoms with Crippen molar-refractivity contribution >= 4 is 75.3 Å². The van der Waals surface area contributed by atoms with Gasteiger partial charge < -0.3 is 21.2 Å². The Hall–Kier alpha value is -3.08. The Balaban J connectivity index is 1.77. The van der Waals surface area contributed by atoms with Crippen LogP contribution in [0.5, 0.6) is 0 Å². The summed E-state index contributed by atoms with van der Waals surface area (Å²) in [6, 6.07) is 15.4. The molecule has 1 aliphatic heterocycles. The molecule has 0 saturated heterocycles. The molecule has 3 aromatic rings. The van der Waals surface area contributed by atoms with Crippen molar-refractivity contribution in [2.45, 2.75) is 19.8 Å². The average molecular weight is 608 g/mol. The first kappa shape index (κ1) is 28.9. The van der Waals surface area contributed by atoms with E-state index >= 15 is 0 Å². The minimum absolute atomic E-state index is 0.0673. The zero-order valence-corrected chi connectivity index (χ0v) is 23.6. The minimum atomic E-state index is -1.10. The molecule has 5 N–H and O–H groups in total. The summed E-state index contributed by atoms with van der Waals surface area (Å²) in [5.41, 5.74) is 2.97. The van der Waals surface area contributed by atoms with Crippen molar-refractivity contribution in [1.82, 2.24) is 5.32 Å². The molecule has 0 radical (unpaired) electrons. The highest BCUT2D eigenvalue weighted by Crippen LogP contribution is 2.40. The predicted molar refractivity (Wildman–Crippen MR) is 154 cm³/mol. The van der Waals surface area contributed by atoms with E-state index in [9.17, 15) is 20.0 Å². The normalized spacial score (nSPS) is 14.7. The maximum atomic E-state index is 13.7. The molecule has 0 saturated carbocycles. The summed E-state index contributed by atoms with van der Waals surface area (Å²) in [4.78, 5) is 27.4. The summed E-state index contributed by atoms with van der Waals surface area (Å²) in [6.45, 7) is 3.44. The molecule has 1 unspecified atom stereocenters. The zero-order valence-electron chi connectivity index (χ0n) is 20.5. The molecule has 39 heavy (non-hydrogen) atoms. The highest BCUT2D eigenvalue weighted by Gasteiger charge is 2.36. The molecule has 0 bridgehead atoms. The predicted octanol–water partition coefficient (Wildman–Crippen LogP) is 6.22. The fraction of sp³-hybridized carbons (Fsp3) is 0.111. The zero-order chi connectivity index (χ0) is 28.4. The van der Waals surface area contributed by atoms with E-state index in [-0.39, 0.29) is 26.9 Å².